The van der Waals surface area contributed by atoms with Crippen LogP contribution in [0.25, 0.3) is 0 Å². The minimum Gasteiger partial charge on any atom is -0.482 e. The average molecular weight is 408 g/mol. The maximum absolute atomic E-state index is 11.8. The van der Waals surface area contributed by atoms with Crippen LogP contribution in [0.2, 0.25) is 0 Å². The minimum absolute atomic E-state index is 0.00104. The third kappa shape index (κ3) is 9.94. The van der Waals surface area contributed by atoms with Crippen LogP contribution in [0.15, 0.2) is 17.2 Å². The van der Waals surface area contributed by atoms with Crippen molar-refractivity contribution < 1.29 is 9.84 Å². The second-order valence-electron chi connectivity index (χ2n) is 6.31. The number of nitrogen functional groups attached to an aromatic ring is 2. The number of ether oxygens (including phenoxy) is 1. The second-order valence-corrected chi connectivity index (χ2v) is 6.31. The summed E-state index contributed by atoms with van der Waals surface area (Å²) in [7, 11) is 0. The molecule has 2 rings (SSSR count). The van der Waals surface area contributed by atoms with Crippen LogP contribution in [0.1, 0.15) is 69.7 Å². The van der Waals surface area contributed by atoms with Crippen LogP contribution < -0.4 is 21.6 Å². The van der Waals surface area contributed by atoms with Gasteiger partial charge in [0.25, 0.3) is 0 Å². The number of unbranched alkanes of at least 4 members (excludes halogenated alkanes) is 4. The van der Waals surface area contributed by atoms with Crippen LogP contribution >= 0.6 is 0 Å². The molecule has 164 valence electrons. The molecule has 29 heavy (non-hydrogen) atoms. The summed E-state index contributed by atoms with van der Waals surface area (Å²) in [5.41, 5.74) is 13.0. The molecular weight excluding hydrogens is 370 g/mol. The maximum Gasteiger partial charge on any atom is 0.222 e. The van der Waals surface area contributed by atoms with E-state index in [9.17, 15) is 4.79 Å². The number of nitrogens with two attached hydrogens (primary N) is 2. The Bertz CT molecular complexity index is 756. The largest absolute Gasteiger partial charge is 0.482 e. The molecule has 0 spiro atoms. The lowest BCUT2D eigenvalue weighted by Crippen LogP contribution is -2.15. The summed E-state index contributed by atoms with van der Waals surface area (Å²) >= 11 is 0. The fraction of sp³-hybridized carbons (Fsp3) is 0.571. The molecule has 0 fully saturated rings. The highest BCUT2D eigenvalue weighted by Gasteiger charge is 2.08. The highest BCUT2D eigenvalue weighted by atomic mass is 16.5. The number of rotatable bonds is 8. The molecule has 0 saturated heterocycles. The maximum atomic E-state index is 11.8. The summed E-state index contributed by atoms with van der Waals surface area (Å²) in [5.74, 6) is 0.583. The number of anilines is 2. The predicted molar refractivity (Wildman–Crippen MR) is 119 cm³/mol. The van der Waals surface area contributed by atoms with Gasteiger partial charge < -0.3 is 26.3 Å². The number of pyridine rings is 1. The van der Waals surface area contributed by atoms with Gasteiger partial charge >= 0.3 is 0 Å². The number of hydrogen-bond donors (Lipinski definition) is 4. The number of aliphatic hydroxyl groups excluding tert-OH is 1. The van der Waals surface area contributed by atoms with E-state index in [1.165, 1.54) is 31.9 Å². The van der Waals surface area contributed by atoms with Gasteiger partial charge in [-0.15, -0.1) is 0 Å². The molecule has 8 nitrogen and oxygen atoms in total. The molecule has 0 unspecified atom stereocenters. The predicted octanol–water partition coefficient (Wildman–Crippen LogP) is 3.50. The van der Waals surface area contributed by atoms with E-state index in [2.05, 4.69) is 21.9 Å². The second kappa shape index (κ2) is 15.3. The number of aryl methyl sites for hydroxylation is 1. The Morgan fingerprint density at radius 1 is 1.14 bits per heavy atom. The first-order valence-electron chi connectivity index (χ1n) is 10.2. The Kier molecular flexibility index (Phi) is 13.9. The number of hydrogen-bond acceptors (Lipinski definition) is 7. The number of nitrogens with zero attached hydrogens (tertiary/aromatic N) is 2. The molecule has 0 aliphatic rings. The van der Waals surface area contributed by atoms with Gasteiger partial charge in [0, 0.05) is 23.9 Å². The lowest BCUT2D eigenvalue weighted by molar-refractivity contribution is 0.282. The highest BCUT2D eigenvalue weighted by Crippen LogP contribution is 2.19. The zero-order valence-electron chi connectivity index (χ0n) is 18.4. The number of aromatic nitrogens is 3. The quantitative estimate of drug-likeness (QED) is 0.491. The standard InChI is InChI=1S/C12H15N5O2.C7H16O.C2H6/c1-6-3-15-8(7(2)10(6)18)5-19-9-4-16-12(14)17-11(9)13;1-2-3-4-5-6-7-8;1-2/h3-4H,5H2,1-2H3,(H,15,18)(H4,13,14,16,17);8H,2-7H2,1H3;1-2H3. The minimum atomic E-state index is -0.00104. The molecule has 0 saturated carbocycles. The van der Waals surface area contributed by atoms with Crippen molar-refractivity contribution in [2.45, 2.75) is 73.3 Å². The molecule has 0 amide bonds. The summed E-state index contributed by atoms with van der Waals surface area (Å²) in [4.78, 5) is 22.4. The van der Waals surface area contributed by atoms with E-state index in [4.69, 9.17) is 21.3 Å². The van der Waals surface area contributed by atoms with Crippen LogP contribution in [0, 0.1) is 13.8 Å². The lowest BCUT2D eigenvalue weighted by atomic mass is 10.1. The van der Waals surface area contributed by atoms with E-state index in [0.717, 1.165) is 6.42 Å². The zero-order valence-corrected chi connectivity index (χ0v) is 18.4. The zero-order chi connectivity index (χ0) is 22.2. The Labute approximate surface area is 173 Å². The van der Waals surface area contributed by atoms with Crippen molar-refractivity contribution in [3.63, 3.8) is 0 Å². The first-order valence-corrected chi connectivity index (χ1v) is 10.2. The van der Waals surface area contributed by atoms with Crippen LogP contribution in [-0.4, -0.2) is 26.7 Å². The van der Waals surface area contributed by atoms with Crippen LogP contribution in [-0.2, 0) is 6.61 Å². The van der Waals surface area contributed by atoms with E-state index < -0.39 is 0 Å². The molecule has 2 aromatic heterocycles. The Balaban J connectivity index is 0.000000664. The Morgan fingerprint density at radius 2 is 1.79 bits per heavy atom. The van der Waals surface area contributed by atoms with Gasteiger partial charge in [0.2, 0.25) is 5.95 Å². The van der Waals surface area contributed by atoms with Gasteiger partial charge in [-0.05, 0) is 20.3 Å². The molecule has 8 heteroatoms. The van der Waals surface area contributed by atoms with Crippen molar-refractivity contribution in [3.8, 4) is 5.75 Å². The fourth-order valence-corrected chi connectivity index (χ4v) is 2.33. The van der Waals surface area contributed by atoms with E-state index in [-0.39, 0.29) is 23.8 Å². The normalized spacial score (nSPS) is 9.72. The first kappa shape index (κ1) is 26.4. The summed E-state index contributed by atoms with van der Waals surface area (Å²) in [5, 5.41) is 8.37. The molecule has 2 heterocycles. The van der Waals surface area contributed by atoms with Gasteiger partial charge in [-0.25, -0.2) is 4.98 Å². The van der Waals surface area contributed by atoms with Gasteiger partial charge in [-0.1, -0.05) is 46.5 Å². The molecule has 0 radical (unpaired) electrons. The molecule has 2 aromatic rings. The Hall–Kier alpha value is -2.61. The highest BCUT2D eigenvalue weighted by molar-refractivity contribution is 5.46. The van der Waals surface area contributed by atoms with Crippen LogP contribution in [0.3, 0.4) is 0 Å². The van der Waals surface area contributed by atoms with Crippen molar-refractivity contribution in [2.75, 3.05) is 18.1 Å². The SMILES string of the molecule is CC.CCCCCCCO.Cc1c[nH]c(COc2cnc(N)nc2N)c(C)c1=O. The summed E-state index contributed by atoms with van der Waals surface area (Å²) in [6.07, 6.45) is 9.13. The molecule has 6 N–H and O–H groups in total. The van der Waals surface area contributed by atoms with E-state index >= 15 is 0 Å². The molecule has 0 aromatic carbocycles. The number of aromatic amines is 1. The topological polar surface area (TPSA) is 140 Å². The smallest absolute Gasteiger partial charge is 0.222 e. The van der Waals surface area contributed by atoms with Crippen LogP contribution in [0.5, 0.6) is 5.75 Å². The fourth-order valence-electron chi connectivity index (χ4n) is 2.33. The van der Waals surface area contributed by atoms with Gasteiger partial charge in [0.05, 0.1) is 11.9 Å². The Morgan fingerprint density at radius 3 is 2.38 bits per heavy atom. The molecule has 0 aliphatic heterocycles. The van der Waals surface area contributed by atoms with Gasteiger partial charge in [0.15, 0.2) is 17.0 Å². The lowest BCUT2D eigenvalue weighted by Gasteiger charge is -2.10. The van der Waals surface area contributed by atoms with E-state index in [0.29, 0.717) is 29.2 Å². The van der Waals surface area contributed by atoms with Crippen molar-refractivity contribution in [1.29, 1.82) is 0 Å². The van der Waals surface area contributed by atoms with E-state index in [1.54, 1.807) is 20.0 Å². The molecule has 0 atom stereocenters. The molecular formula is C21H37N5O3. The first-order chi connectivity index (χ1) is 13.9. The number of H-pyrrole nitrogens is 1. The average Bonchev–Trinajstić information content (AvgIpc) is 2.72. The van der Waals surface area contributed by atoms with Crippen molar-refractivity contribution in [1.82, 2.24) is 15.0 Å². The third-order valence-electron chi connectivity index (χ3n) is 4.05. The summed E-state index contributed by atoms with van der Waals surface area (Å²) in [6, 6.07) is 0. The number of nitrogens with one attached hydrogen (secondary N) is 1. The molecule has 0 aliphatic carbocycles. The monoisotopic (exact) mass is 407 g/mol. The van der Waals surface area contributed by atoms with Gasteiger partial charge in [-0.3, -0.25) is 4.79 Å². The summed E-state index contributed by atoms with van der Waals surface area (Å²) in [6.45, 7) is 10.2. The van der Waals surface area contributed by atoms with Gasteiger partial charge in [-0.2, -0.15) is 4.98 Å². The van der Waals surface area contributed by atoms with E-state index in [1.807, 2.05) is 13.8 Å². The van der Waals surface area contributed by atoms with Crippen molar-refractivity contribution in [3.05, 3.63) is 39.4 Å². The van der Waals surface area contributed by atoms with Gasteiger partial charge in [0.1, 0.15) is 6.61 Å². The third-order valence-corrected chi connectivity index (χ3v) is 4.05. The van der Waals surface area contributed by atoms with Crippen LogP contribution in [0.4, 0.5) is 11.8 Å². The summed E-state index contributed by atoms with van der Waals surface area (Å²) < 4.78 is 5.48. The molecule has 0 bridgehead atoms. The van der Waals surface area contributed by atoms with Crippen molar-refractivity contribution in [2.24, 2.45) is 0 Å². The van der Waals surface area contributed by atoms with Crippen molar-refractivity contribution >= 4 is 11.8 Å². The number of aliphatic hydroxyl groups is 1.